The summed E-state index contributed by atoms with van der Waals surface area (Å²) in [6.45, 7) is 0.267. The lowest BCUT2D eigenvalue weighted by atomic mass is 10.2. The highest BCUT2D eigenvalue weighted by molar-refractivity contribution is 6.02. The molecule has 116 valence electrons. The van der Waals surface area contributed by atoms with Crippen molar-refractivity contribution >= 4 is 23.2 Å². The maximum Gasteiger partial charge on any atom is 0.271 e. The maximum absolute atomic E-state index is 12.0. The Labute approximate surface area is 126 Å². The third-order valence-corrected chi connectivity index (χ3v) is 3.68. The second-order valence-corrected chi connectivity index (χ2v) is 5.43. The molecule has 0 radical (unpaired) electrons. The molecule has 3 rings (SSSR count). The molecular formula is C14H15N3O5. The molecule has 1 aromatic carbocycles. The first-order valence-corrected chi connectivity index (χ1v) is 7.03. The fourth-order valence-corrected chi connectivity index (χ4v) is 2.26. The Morgan fingerprint density at radius 2 is 2.23 bits per heavy atom. The van der Waals surface area contributed by atoms with Gasteiger partial charge in [0.15, 0.2) is 6.61 Å². The molecule has 1 N–H and O–H groups in total. The number of nitro groups is 1. The standard InChI is InChI=1S/C14H15N3O5/c18-13(15-6-9-1-2-9)7-16-11-5-10(17(20)21)3-4-12(11)22-8-14(16)19/h3-5,9H,1-2,6-8H2,(H,15,18). The SMILES string of the molecule is O=C(CN1C(=O)COc2ccc([N+](=O)[O-])cc21)NCC1CC1. The van der Waals surface area contributed by atoms with E-state index in [4.69, 9.17) is 4.74 Å². The largest absolute Gasteiger partial charge is 0.482 e. The molecule has 0 aromatic heterocycles. The van der Waals surface area contributed by atoms with E-state index in [0.717, 1.165) is 12.8 Å². The van der Waals surface area contributed by atoms with E-state index in [2.05, 4.69) is 5.32 Å². The van der Waals surface area contributed by atoms with Crippen LogP contribution in [0.2, 0.25) is 0 Å². The predicted octanol–water partition coefficient (Wildman–Crippen LogP) is 0.846. The van der Waals surface area contributed by atoms with Crippen LogP contribution in [0, 0.1) is 16.0 Å². The van der Waals surface area contributed by atoms with Crippen LogP contribution in [0.15, 0.2) is 18.2 Å². The quantitative estimate of drug-likeness (QED) is 0.641. The summed E-state index contributed by atoms with van der Waals surface area (Å²) in [5, 5.41) is 13.6. The van der Waals surface area contributed by atoms with Crippen molar-refractivity contribution in [2.75, 3.05) is 24.6 Å². The van der Waals surface area contributed by atoms with Gasteiger partial charge in [-0.3, -0.25) is 24.6 Å². The number of nitrogens with zero attached hydrogens (tertiary/aromatic N) is 2. The smallest absolute Gasteiger partial charge is 0.271 e. The van der Waals surface area contributed by atoms with Crippen LogP contribution >= 0.6 is 0 Å². The Balaban J connectivity index is 1.77. The van der Waals surface area contributed by atoms with E-state index >= 15 is 0 Å². The Hall–Kier alpha value is -2.64. The number of anilines is 1. The summed E-state index contributed by atoms with van der Waals surface area (Å²) in [5.74, 6) is 0.229. The first-order chi connectivity index (χ1) is 10.5. The van der Waals surface area contributed by atoms with Crippen LogP contribution < -0.4 is 15.0 Å². The molecule has 8 nitrogen and oxygen atoms in total. The molecule has 1 aromatic rings. The van der Waals surface area contributed by atoms with Crippen molar-refractivity contribution < 1.29 is 19.2 Å². The predicted molar refractivity (Wildman–Crippen MR) is 76.7 cm³/mol. The van der Waals surface area contributed by atoms with Gasteiger partial charge in [0.2, 0.25) is 5.91 Å². The van der Waals surface area contributed by atoms with E-state index in [1.165, 1.54) is 23.1 Å². The number of nitro benzene ring substituents is 1. The molecule has 0 bridgehead atoms. The van der Waals surface area contributed by atoms with E-state index in [9.17, 15) is 19.7 Å². The second kappa shape index (κ2) is 5.63. The summed E-state index contributed by atoms with van der Waals surface area (Å²) in [6, 6.07) is 4.00. The molecule has 2 aliphatic rings. The minimum absolute atomic E-state index is 0.152. The molecule has 1 aliphatic carbocycles. The number of nitrogens with one attached hydrogen (secondary N) is 1. The van der Waals surface area contributed by atoms with Gasteiger partial charge in [0.05, 0.1) is 10.6 Å². The van der Waals surface area contributed by atoms with Gasteiger partial charge in [0, 0.05) is 18.7 Å². The highest BCUT2D eigenvalue weighted by Crippen LogP contribution is 2.35. The van der Waals surface area contributed by atoms with Gasteiger partial charge in [-0.2, -0.15) is 0 Å². The minimum Gasteiger partial charge on any atom is -0.482 e. The summed E-state index contributed by atoms with van der Waals surface area (Å²) in [6.07, 6.45) is 2.23. The van der Waals surface area contributed by atoms with E-state index in [0.29, 0.717) is 18.2 Å². The summed E-state index contributed by atoms with van der Waals surface area (Å²) in [5.41, 5.74) is 0.104. The van der Waals surface area contributed by atoms with Crippen molar-refractivity contribution in [2.45, 2.75) is 12.8 Å². The number of non-ortho nitro benzene ring substituents is 1. The van der Waals surface area contributed by atoms with E-state index in [1.807, 2.05) is 0 Å². The number of fused-ring (bicyclic) bond motifs is 1. The van der Waals surface area contributed by atoms with Gasteiger partial charge < -0.3 is 10.1 Å². The van der Waals surface area contributed by atoms with Gasteiger partial charge in [0.25, 0.3) is 11.6 Å². The number of hydrogen-bond donors (Lipinski definition) is 1. The van der Waals surface area contributed by atoms with E-state index in [-0.39, 0.29) is 30.4 Å². The van der Waals surface area contributed by atoms with Crippen LogP contribution in [0.4, 0.5) is 11.4 Å². The van der Waals surface area contributed by atoms with Crippen molar-refractivity contribution in [3.63, 3.8) is 0 Å². The average molecular weight is 305 g/mol. The van der Waals surface area contributed by atoms with Crippen molar-refractivity contribution in [2.24, 2.45) is 5.92 Å². The molecule has 0 atom stereocenters. The monoisotopic (exact) mass is 305 g/mol. The highest BCUT2D eigenvalue weighted by atomic mass is 16.6. The Morgan fingerprint density at radius 1 is 1.45 bits per heavy atom. The van der Waals surface area contributed by atoms with Crippen LogP contribution in [0.1, 0.15) is 12.8 Å². The number of carbonyl (C=O) groups excluding carboxylic acids is 2. The van der Waals surface area contributed by atoms with Crippen LogP contribution in [0.3, 0.4) is 0 Å². The van der Waals surface area contributed by atoms with Crippen LogP contribution in [-0.2, 0) is 9.59 Å². The summed E-state index contributed by atoms with van der Waals surface area (Å²) in [4.78, 5) is 35.5. The number of rotatable bonds is 5. The zero-order chi connectivity index (χ0) is 15.7. The van der Waals surface area contributed by atoms with Crippen molar-refractivity contribution in [1.29, 1.82) is 0 Å². The second-order valence-electron chi connectivity index (χ2n) is 5.43. The first kappa shape index (κ1) is 14.3. The van der Waals surface area contributed by atoms with Crippen molar-refractivity contribution in [3.8, 4) is 5.75 Å². The van der Waals surface area contributed by atoms with Gasteiger partial charge >= 0.3 is 0 Å². The third-order valence-electron chi connectivity index (χ3n) is 3.68. The van der Waals surface area contributed by atoms with Gasteiger partial charge in [0.1, 0.15) is 12.3 Å². The van der Waals surface area contributed by atoms with Gasteiger partial charge in [-0.15, -0.1) is 0 Å². The van der Waals surface area contributed by atoms with E-state index < -0.39 is 10.8 Å². The molecule has 0 spiro atoms. The lowest BCUT2D eigenvalue weighted by molar-refractivity contribution is -0.384. The molecule has 1 heterocycles. The minimum atomic E-state index is -0.551. The van der Waals surface area contributed by atoms with Crippen LogP contribution in [0.25, 0.3) is 0 Å². The summed E-state index contributed by atoms with van der Waals surface area (Å²) < 4.78 is 5.24. The molecule has 0 saturated heterocycles. The average Bonchev–Trinajstić information content (AvgIpc) is 3.32. The zero-order valence-electron chi connectivity index (χ0n) is 11.8. The molecule has 8 heteroatoms. The summed E-state index contributed by atoms with van der Waals surface area (Å²) >= 11 is 0. The first-order valence-electron chi connectivity index (χ1n) is 7.03. The molecule has 0 unspecified atom stereocenters. The molecule has 1 fully saturated rings. The van der Waals surface area contributed by atoms with Crippen LogP contribution in [0.5, 0.6) is 5.75 Å². The van der Waals surface area contributed by atoms with Crippen LogP contribution in [-0.4, -0.2) is 36.4 Å². The molecule has 2 amide bonds. The van der Waals surface area contributed by atoms with E-state index in [1.54, 1.807) is 0 Å². The van der Waals surface area contributed by atoms with Crippen molar-refractivity contribution in [1.82, 2.24) is 5.32 Å². The number of amides is 2. The number of carbonyl (C=O) groups is 2. The fraction of sp³-hybridized carbons (Fsp3) is 0.429. The molecular weight excluding hydrogens is 290 g/mol. The summed E-state index contributed by atoms with van der Waals surface area (Å²) in [7, 11) is 0. The van der Waals surface area contributed by atoms with Gasteiger partial charge in [-0.1, -0.05) is 0 Å². The van der Waals surface area contributed by atoms with Crippen molar-refractivity contribution in [3.05, 3.63) is 28.3 Å². The lowest BCUT2D eigenvalue weighted by Gasteiger charge is -2.28. The third kappa shape index (κ3) is 3.00. The lowest BCUT2D eigenvalue weighted by Crippen LogP contribution is -2.45. The van der Waals surface area contributed by atoms with Gasteiger partial charge in [-0.05, 0) is 24.8 Å². The number of benzene rings is 1. The maximum atomic E-state index is 12.0. The normalized spacial score (nSPS) is 16.7. The molecule has 1 aliphatic heterocycles. The topological polar surface area (TPSA) is 102 Å². The Bertz CT molecular complexity index is 641. The number of ether oxygens (including phenoxy) is 1. The fourth-order valence-electron chi connectivity index (χ4n) is 2.26. The zero-order valence-corrected chi connectivity index (χ0v) is 11.8. The Kier molecular flexibility index (Phi) is 3.66. The Morgan fingerprint density at radius 3 is 2.91 bits per heavy atom. The molecule has 22 heavy (non-hydrogen) atoms. The number of hydrogen-bond acceptors (Lipinski definition) is 5. The van der Waals surface area contributed by atoms with Gasteiger partial charge in [-0.25, -0.2) is 0 Å². The highest BCUT2D eigenvalue weighted by Gasteiger charge is 2.29. The molecule has 1 saturated carbocycles.